The molecule has 6 nitrogen and oxygen atoms in total. The number of aryl methyl sites for hydroxylation is 1. The van der Waals surface area contributed by atoms with Crippen molar-refractivity contribution >= 4 is 23.8 Å². The third-order valence-corrected chi connectivity index (χ3v) is 6.31. The van der Waals surface area contributed by atoms with E-state index < -0.39 is 23.9 Å². The number of rotatable bonds is 3. The lowest BCUT2D eigenvalue weighted by atomic mass is 9.83. The van der Waals surface area contributed by atoms with E-state index in [1.54, 1.807) is 30.3 Å². The maximum atomic E-state index is 13.5. The lowest BCUT2D eigenvalue weighted by Crippen LogP contribution is -2.44. The first-order chi connectivity index (χ1) is 14.0. The summed E-state index contributed by atoms with van der Waals surface area (Å²) in [6.07, 6.45) is 1.72. The van der Waals surface area contributed by atoms with Crippen LogP contribution < -0.4 is 0 Å². The summed E-state index contributed by atoms with van der Waals surface area (Å²) in [6, 6.07) is 13.9. The Morgan fingerprint density at radius 3 is 2.41 bits per heavy atom. The number of benzene rings is 2. The number of nitrogens with zero attached hydrogens (tertiary/aromatic N) is 3. The fraction of sp³-hybridized carbons (Fsp3) is 0.304. The Hall–Kier alpha value is -3.28. The van der Waals surface area contributed by atoms with Gasteiger partial charge < -0.3 is 0 Å². The molecule has 0 spiro atoms. The van der Waals surface area contributed by atoms with Crippen LogP contribution in [-0.2, 0) is 9.59 Å². The normalized spacial score (nSPS) is 27.1. The molecule has 2 saturated heterocycles. The lowest BCUT2D eigenvalue weighted by Gasteiger charge is -2.33. The van der Waals surface area contributed by atoms with Gasteiger partial charge in [0.2, 0.25) is 11.8 Å². The maximum Gasteiger partial charge on any atom is 0.235 e. The van der Waals surface area contributed by atoms with Crippen molar-refractivity contribution in [3.8, 4) is 0 Å². The van der Waals surface area contributed by atoms with Crippen molar-refractivity contribution in [2.45, 2.75) is 25.9 Å². The second kappa shape index (κ2) is 6.37. The van der Waals surface area contributed by atoms with Crippen molar-refractivity contribution in [1.29, 1.82) is 0 Å². The fourth-order valence-corrected chi connectivity index (χ4v) is 4.93. The fourth-order valence-electron chi connectivity index (χ4n) is 4.93. The number of hydrogen-bond acceptors (Lipinski definition) is 5. The Bertz CT molecular complexity index is 1060. The number of ketones is 1. The van der Waals surface area contributed by atoms with Crippen LogP contribution in [0.15, 0.2) is 53.6 Å². The van der Waals surface area contributed by atoms with Gasteiger partial charge in [-0.2, -0.15) is 5.10 Å². The van der Waals surface area contributed by atoms with Gasteiger partial charge in [0.05, 0.1) is 24.1 Å². The predicted molar refractivity (Wildman–Crippen MR) is 107 cm³/mol. The quantitative estimate of drug-likeness (QED) is 0.600. The molecule has 0 N–H and O–H groups in total. The molecule has 0 saturated carbocycles. The first kappa shape index (κ1) is 17.8. The van der Waals surface area contributed by atoms with E-state index in [0.717, 1.165) is 16.7 Å². The molecule has 3 aliphatic rings. The molecule has 2 aromatic rings. The molecule has 0 unspecified atom stereocenters. The summed E-state index contributed by atoms with van der Waals surface area (Å²) in [4.78, 5) is 41.1. The zero-order valence-electron chi connectivity index (χ0n) is 16.3. The molecule has 146 valence electrons. The molecular weight excluding hydrogens is 366 g/mol. The second-order valence-electron chi connectivity index (χ2n) is 7.85. The number of fused-ring (bicyclic) bond motifs is 5. The van der Waals surface area contributed by atoms with E-state index in [4.69, 9.17) is 0 Å². The Morgan fingerprint density at radius 2 is 1.69 bits per heavy atom. The number of Topliss-reactive ketones (excluding diaryl/α,β-unsaturated/α-hetero) is 1. The van der Waals surface area contributed by atoms with Crippen LogP contribution in [0, 0.1) is 18.8 Å². The second-order valence-corrected chi connectivity index (χ2v) is 7.85. The summed E-state index contributed by atoms with van der Waals surface area (Å²) in [7, 11) is 0. The van der Waals surface area contributed by atoms with Gasteiger partial charge in [0.15, 0.2) is 5.78 Å². The van der Waals surface area contributed by atoms with E-state index in [-0.39, 0.29) is 17.6 Å². The van der Waals surface area contributed by atoms with Crippen molar-refractivity contribution < 1.29 is 14.4 Å². The average molecular weight is 387 g/mol. The molecule has 3 heterocycles. The van der Waals surface area contributed by atoms with E-state index in [0.29, 0.717) is 12.1 Å². The number of hydrogen-bond donors (Lipinski definition) is 0. The lowest BCUT2D eigenvalue weighted by molar-refractivity contribution is -0.141. The number of carbonyl (C=O) groups excluding carboxylic acids is 3. The van der Waals surface area contributed by atoms with Crippen LogP contribution >= 0.6 is 0 Å². The van der Waals surface area contributed by atoms with Crippen molar-refractivity contribution in [1.82, 2.24) is 9.91 Å². The van der Waals surface area contributed by atoms with Crippen LogP contribution in [0.2, 0.25) is 0 Å². The topological polar surface area (TPSA) is 70.1 Å². The molecule has 2 amide bonds. The Labute approximate surface area is 168 Å². The van der Waals surface area contributed by atoms with Gasteiger partial charge in [-0.05, 0) is 25.0 Å². The number of hydrazone groups is 1. The average Bonchev–Trinajstić information content (AvgIpc) is 3.21. The third-order valence-electron chi connectivity index (χ3n) is 6.31. The zero-order chi connectivity index (χ0) is 20.3. The number of likely N-dealkylation sites (tertiary alicyclic amines) is 1. The maximum absolute atomic E-state index is 13.5. The highest BCUT2D eigenvalue weighted by Crippen LogP contribution is 2.52. The van der Waals surface area contributed by atoms with E-state index in [1.165, 1.54) is 4.90 Å². The highest BCUT2D eigenvalue weighted by Gasteiger charge is 2.64. The molecule has 0 aliphatic carbocycles. The van der Waals surface area contributed by atoms with E-state index in [9.17, 15) is 14.4 Å². The van der Waals surface area contributed by atoms with Crippen LogP contribution in [0.1, 0.15) is 40.0 Å². The highest BCUT2D eigenvalue weighted by atomic mass is 16.2. The molecule has 3 aliphatic heterocycles. The Morgan fingerprint density at radius 1 is 1.00 bits per heavy atom. The highest BCUT2D eigenvalue weighted by molar-refractivity contribution is 6.12. The summed E-state index contributed by atoms with van der Waals surface area (Å²) < 4.78 is 0. The summed E-state index contributed by atoms with van der Waals surface area (Å²) in [5.74, 6) is -1.96. The first-order valence-corrected chi connectivity index (χ1v) is 9.90. The molecule has 0 radical (unpaired) electrons. The SMILES string of the molecule is CCN1C(=O)[C@@H]2[C@@H](C1=O)[C@H]1c3ccccc3C=NN1[C@@H]2C(=O)c1ccc(C)cc1. The van der Waals surface area contributed by atoms with Gasteiger partial charge in [0.25, 0.3) is 0 Å². The van der Waals surface area contributed by atoms with Crippen LogP contribution in [0.4, 0.5) is 0 Å². The summed E-state index contributed by atoms with van der Waals surface area (Å²) >= 11 is 0. The summed E-state index contributed by atoms with van der Waals surface area (Å²) in [5, 5.41) is 6.24. The Kier molecular flexibility index (Phi) is 3.91. The van der Waals surface area contributed by atoms with Crippen molar-refractivity contribution in [2.75, 3.05) is 6.54 Å². The zero-order valence-corrected chi connectivity index (χ0v) is 16.3. The third kappa shape index (κ3) is 2.41. The largest absolute Gasteiger partial charge is 0.292 e. The number of amides is 2. The van der Waals surface area contributed by atoms with Gasteiger partial charge >= 0.3 is 0 Å². The van der Waals surface area contributed by atoms with E-state index >= 15 is 0 Å². The molecule has 0 bridgehead atoms. The molecule has 29 heavy (non-hydrogen) atoms. The van der Waals surface area contributed by atoms with Gasteiger partial charge in [-0.25, -0.2) is 0 Å². The standard InChI is InChI=1S/C23H21N3O3/c1-3-25-22(28)17-18(23(25)29)20(21(27)14-10-8-13(2)9-11-14)26-19(17)16-7-5-4-6-15(16)12-24-26/h4-12,17-20H,3H2,1-2H3/t17-,18-,19-,20+/m1/s1. The van der Waals surface area contributed by atoms with Gasteiger partial charge in [-0.15, -0.1) is 0 Å². The summed E-state index contributed by atoms with van der Waals surface area (Å²) in [5.41, 5.74) is 3.45. The van der Waals surface area contributed by atoms with Gasteiger partial charge in [-0.3, -0.25) is 24.3 Å². The van der Waals surface area contributed by atoms with Crippen molar-refractivity contribution in [2.24, 2.45) is 16.9 Å². The van der Waals surface area contributed by atoms with Crippen LogP contribution in [0.3, 0.4) is 0 Å². The smallest absolute Gasteiger partial charge is 0.235 e. The molecule has 0 aromatic heterocycles. The van der Waals surface area contributed by atoms with Crippen molar-refractivity contribution in [3.05, 3.63) is 70.8 Å². The molecule has 2 fully saturated rings. The Balaban J connectivity index is 1.65. The van der Waals surface area contributed by atoms with Crippen LogP contribution in [-0.4, -0.2) is 46.3 Å². The molecule has 5 rings (SSSR count). The minimum atomic E-state index is -0.787. The van der Waals surface area contributed by atoms with E-state index in [1.807, 2.05) is 43.3 Å². The minimum Gasteiger partial charge on any atom is -0.292 e. The van der Waals surface area contributed by atoms with Crippen molar-refractivity contribution in [3.63, 3.8) is 0 Å². The minimum absolute atomic E-state index is 0.168. The van der Waals surface area contributed by atoms with Crippen LogP contribution in [0.25, 0.3) is 0 Å². The molecule has 4 atom stereocenters. The number of imide groups is 1. The van der Waals surface area contributed by atoms with Gasteiger partial charge in [-0.1, -0.05) is 54.1 Å². The predicted octanol–water partition coefficient (Wildman–Crippen LogP) is 2.57. The molecular formula is C23H21N3O3. The molecule has 2 aromatic carbocycles. The summed E-state index contributed by atoms with van der Waals surface area (Å²) in [6.45, 7) is 4.06. The van der Waals surface area contributed by atoms with Gasteiger partial charge in [0.1, 0.15) is 6.04 Å². The first-order valence-electron chi connectivity index (χ1n) is 9.90. The monoisotopic (exact) mass is 387 g/mol. The van der Waals surface area contributed by atoms with Gasteiger partial charge in [0, 0.05) is 12.1 Å². The van der Waals surface area contributed by atoms with E-state index in [2.05, 4.69) is 5.10 Å². The molecule has 6 heteroatoms. The van der Waals surface area contributed by atoms with Crippen LogP contribution in [0.5, 0.6) is 0 Å². The number of carbonyl (C=O) groups is 3.